The van der Waals surface area contributed by atoms with Crippen molar-refractivity contribution in [3.8, 4) is 0 Å². The van der Waals surface area contributed by atoms with E-state index >= 15 is 0 Å². The minimum Gasteiger partial charge on any atom is -0.481 e. The molecule has 19 heavy (non-hydrogen) atoms. The van der Waals surface area contributed by atoms with Crippen LogP contribution >= 0.6 is 0 Å². The summed E-state index contributed by atoms with van der Waals surface area (Å²) in [5, 5.41) is 11.9. The standard InChI is InChI=1S/C12H19NO5S/c14-11(9-2-1-3-10(9)12(15)16)13-8-4-6-19(17,18)7-5-8/h8-10H,1-7H2,(H,13,14)(H,15,16)/t9-,10+/m1/s1. The summed E-state index contributed by atoms with van der Waals surface area (Å²) in [4.78, 5) is 23.1. The van der Waals surface area contributed by atoms with Crippen LogP contribution in [0.1, 0.15) is 32.1 Å². The minimum atomic E-state index is -2.94. The number of carboxylic acid groups (broad SMARTS) is 1. The molecule has 0 aromatic carbocycles. The maximum Gasteiger partial charge on any atom is 0.307 e. The van der Waals surface area contributed by atoms with Crippen molar-refractivity contribution >= 4 is 21.7 Å². The first kappa shape index (κ1) is 14.3. The number of carbonyl (C=O) groups is 2. The van der Waals surface area contributed by atoms with Gasteiger partial charge in [-0.05, 0) is 25.7 Å². The molecule has 7 heteroatoms. The van der Waals surface area contributed by atoms with Crippen LogP contribution in [0.3, 0.4) is 0 Å². The molecule has 0 spiro atoms. The van der Waals surface area contributed by atoms with Gasteiger partial charge in [-0.3, -0.25) is 9.59 Å². The average molecular weight is 289 g/mol. The first-order valence-corrected chi connectivity index (χ1v) is 8.45. The second-order valence-corrected chi connectivity index (χ2v) is 7.72. The number of sulfone groups is 1. The molecule has 2 fully saturated rings. The first-order valence-electron chi connectivity index (χ1n) is 6.62. The fourth-order valence-electron chi connectivity index (χ4n) is 2.91. The van der Waals surface area contributed by atoms with Gasteiger partial charge in [0.15, 0.2) is 0 Å². The molecular weight excluding hydrogens is 270 g/mol. The third-order valence-electron chi connectivity index (χ3n) is 4.07. The molecule has 2 aliphatic rings. The van der Waals surface area contributed by atoms with Crippen molar-refractivity contribution in [3.63, 3.8) is 0 Å². The van der Waals surface area contributed by atoms with Gasteiger partial charge in [0, 0.05) is 6.04 Å². The maximum absolute atomic E-state index is 12.1. The SMILES string of the molecule is O=C(O)[C@H]1CCC[C@H]1C(=O)NC1CCS(=O)(=O)CC1. The minimum absolute atomic E-state index is 0.102. The van der Waals surface area contributed by atoms with Crippen molar-refractivity contribution in [3.05, 3.63) is 0 Å². The van der Waals surface area contributed by atoms with E-state index in [0.717, 1.165) is 6.42 Å². The van der Waals surface area contributed by atoms with E-state index in [2.05, 4.69) is 5.32 Å². The van der Waals surface area contributed by atoms with Gasteiger partial charge in [0.1, 0.15) is 9.84 Å². The lowest BCUT2D eigenvalue weighted by molar-refractivity contribution is -0.146. The Labute approximate surface area is 112 Å². The Bertz CT molecular complexity index is 459. The number of hydrogen-bond acceptors (Lipinski definition) is 4. The van der Waals surface area contributed by atoms with Crippen LogP contribution in [0.4, 0.5) is 0 Å². The van der Waals surface area contributed by atoms with Gasteiger partial charge in [0.25, 0.3) is 0 Å². The van der Waals surface area contributed by atoms with Crippen molar-refractivity contribution < 1.29 is 23.1 Å². The molecular formula is C12H19NO5S. The van der Waals surface area contributed by atoms with Gasteiger partial charge >= 0.3 is 5.97 Å². The second kappa shape index (κ2) is 5.48. The summed E-state index contributed by atoms with van der Waals surface area (Å²) < 4.78 is 22.6. The normalized spacial score (nSPS) is 30.9. The highest BCUT2D eigenvalue weighted by Crippen LogP contribution is 2.32. The zero-order chi connectivity index (χ0) is 14.0. The molecule has 1 saturated carbocycles. The van der Waals surface area contributed by atoms with E-state index in [1.807, 2.05) is 0 Å². The Morgan fingerprint density at radius 2 is 1.58 bits per heavy atom. The van der Waals surface area contributed by atoms with Crippen LogP contribution in [0.15, 0.2) is 0 Å². The van der Waals surface area contributed by atoms with Gasteiger partial charge in [-0.1, -0.05) is 6.42 Å². The number of carbonyl (C=O) groups excluding carboxylic acids is 1. The van der Waals surface area contributed by atoms with E-state index in [0.29, 0.717) is 25.7 Å². The Morgan fingerprint density at radius 1 is 1.00 bits per heavy atom. The molecule has 0 aromatic heterocycles. The Balaban J connectivity index is 1.89. The molecule has 1 saturated heterocycles. The number of rotatable bonds is 3. The lowest BCUT2D eigenvalue weighted by Gasteiger charge is -2.25. The quantitative estimate of drug-likeness (QED) is 0.772. The fraction of sp³-hybridized carbons (Fsp3) is 0.833. The molecule has 0 unspecified atom stereocenters. The Morgan fingerprint density at radius 3 is 2.16 bits per heavy atom. The van der Waals surface area contributed by atoms with E-state index in [-0.39, 0.29) is 23.5 Å². The maximum atomic E-state index is 12.1. The van der Waals surface area contributed by atoms with E-state index in [9.17, 15) is 18.0 Å². The number of amides is 1. The summed E-state index contributed by atoms with van der Waals surface area (Å²) in [6.07, 6.45) is 2.77. The van der Waals surface area contributed by atoms with Crippen molar-refractivity contribution in [1.29, 1.82) is 0 Å². The van der Waals surface area contributed by atoms with E-state index in [1.54, 1.807) is 0 Å². The van der Waals surface area contributed by atoms with Crippen LogP contribution in [0.5, 0.6) is 0 Å². The molecule has 0 bridgehead atoms. The fourth-order valence-corrected chi connectivity index (χ4v) is 4.40. The van der Waals surface area contributed by atoms with Crippen LogP contribution in [-0.2, 0) is 19.4 Å². The number of aliphatic carboxylic acids is 1. The third kappa shape index (κ3) is 3.46. The molecule has 1 amide bonds. The molecule has 0 aromatic rings. The number of hydrogen-bond donors (Lipinski definition) is 2. The molecule has 108 valence electrons. The molecule has 6 nitrogen and oxygen atoms in total. The van der Waals surface area contributed by atoms with E-state index in [4.69, 9.17) is 5.11 Å². The highest BCUT2D eigenvalue weighted by atomic mass is 32.2. The molecule has 1 heterocycles. The van der Waals surface area contributed by atoms with E-state index in [1.165, 1.54) is 0 Å². The Hall–Kier alpha value is -1.11. The second-order valence-electron chi connectivity index (χ2n) is 5.42. The third-order valence-corrected chi connectivity index (χ3v) is 5.79. The van der Waals surface area contributed by atoms with Crippen molar-refractivity contribution in [2.45, 2.75) is 38.1 Å². The van der Waals surface area contributed by atoms with Gasteiger partial charge < -0.3 is 10.4 Å². The van der Waals surface area contributed by atoms with Crippen LogP contribution in [0, 0.1) is 11.8 Å². The summed E-state index contributed by atoms with van der Waals surface area (Å²) in [7, 11) is -2.94. The average Bonchev–Trinajstić information content (AvgIpc) is 2.81. The number of nitrogens with one attached hydrogen (secondary N) is 1. The lowest BCUT2D eigenvalue weighted by Crippen LogP contribution is -2.44. The molecule has 2 atom stereocenters. The largest absolute Gasteiger partial charge is 0.481 e. The van der Waals surface area contributed by atoms with E-state index < -0.39 is 27.6 Å². The van der Waals surface area contributed by atoms with Crippen LogP contribution < -0.4 is 5.32 Å². The summed E-state index contributed by atoms with van der Waals surface area (Å²) in [5.41, 5.74) is 0. The monoisotopic (exact) mass is 289 g/mol. The Kier molecular flexibility index (Phi) is 4.13. The topological polar surface area (TPSA) is 101 Å². The first-order chi connectivity index (χ1) is 8.89. The van der Waals surface area contributed by atoms with Crippen molar-refractivity contribution in [2.75, 3.05) is 11.5 Å². The molecule has 1 aliphatic heterocycles. The van der Waals surface area contributed by atoms with Gasteiger partial charge in [0.05, 0.1) is 23.3 Å². The summed E-state index contributed by atoms with van der Waals surface area (Å²) >= 11 is 0. The van der Waals surface area contributed by atoms with Crippen LogP contribution in [-0.4, -0.2) is 42.9 Å². The lowest BCUT2D eigenvalue weighted by atomic mass is 9.95. The van der Waals surface area contributed by atoms with Crippen molar-refractivity contribution in [1.82, 2.24) is 5.32 Å². The predicted octanol–water partition coefficient (Wildman–Crippen LogP) is 0.181. The van der Waals surface area contributed by atoms with Crippen molar-refractivity contribution in [2.24, 2.45) is 11.8 Å². The van der Waals surface area contributed by atoms with Crippen LogP contribution in [0.2, 0.25) is 0 Å². The summed E-state index contributed by atoms with van der Waals surface area (Å²) in [6.45, 7) is 0. The zero-order valence-corrected chi connectivity index (χ0v) is 11.5. The highest BCUT2D eigenvalue weighted by molar-refractivity contribution is 7.91. The highest BCUT2D eigenvalue weighted by Gasteiger charge is 2.38. The predicted molar refractivity (Wildman–Crippen MR) is 68.3 cm³/mol. The number of carboxylic acids is 1. The zero-order valence-electron chi connectivity index (χ0n) is 10.7. The van der Waals surface area contributed by atoms with Gasteiger partial charge in [-0.15, -0.1) is 0 Å². The molecule has 2 N–H and O–H groups in total. The molecule has 1 aliphatic carbocycles. The smallest absolute Gasteiger partial charge is 0.307 e. The molecule has 2 rings (SSSR count). The van der Waals surface area contributed by atoms with Gasteiger partial charge in [-0.25, -0.2) is 8.42 Å². The van der Waals surface area contributed by atoms with Gasteiger partial charge in [-0.2, -0.15) is 0 Å². The molecule has 0 radical (unpaired) electrons. The van der Waals surface area contributed by atoms with Gasteiger partial charge in [0.2, 0.25) is 5.91 Å². The summed E-state index contributed by atoms with van der Waals surface area (Å²) in [5.74, 6) is -1.99. The van der Waals surface area contributed by atoms with Crippen LogP contribution in [0.25, 0.3) is 0 Å². The summed E-state index contributed by atoms with van der Waals surface area (Å²) in [6, 6.07) is -0.133.